The second-order valence-corrected chi connectivity index (χ2v) is 6.25. The Bertz CT molecular complexity index is 592. The normalized spacial score (nSPS) is 13.0. The second kappa shape index (κ2) is 8.54. The van der Waals surface area contributed by atoms with Crippen molar-refractivity contribution in [3.8, 4) is 0 Å². The highest BCUT2D eigenvalue weighted by Crippen LogP contribution is 2.14. The summed E-state index contributed by atoms with van der Waals surface area (Å²) in [4.78, 5) is 10.4. The van der Waals surface area contributed by atoms with Gasteiger partial charge in [0.1, 0.15) is 5.01 Å². The predicted octanol–water partition coefficient (Wildman–Crippen LogP) is 3.52. The van der Waals surface area contributed by atoms with E-state index in [1.54, 1.807) is 11.3 Å². The van der Waals surface area contributed by atoms with Crippen molar-refractivity contribution in [2.45, 2.75) is 39.8 Å². The number of hydrogen-bond donors (Lipinski definition) is 2. The summed E-state index contributed by atoms with van der Waals surface area (Å²) in [6, 6.07) is 10.6. The highest BCUT2D eigenvalue weighted by Gasteiger charge is 2.07. The van der Waals surface area contributed by atoms with Gasteiger partial charge in [-0.3, -0.25) is 0 Å². The average molecular weight is 316 g/mol. The molecule has 1 aromatic heterocycles. The molecule has 1 aromatic carbocycles. The Hall–Kier alpha value is -1.88. The zero-order valence-electron chi connectivity index (χ0n) is 13.5. The first-order valence-electron chi connectivity index (χ1n) is 7.76. The lowest BCUT2D eigenvalue weighted by Crippen LogP contribution is -2.38. The number of thiazole rings is 1. The molecule has 0 fully saturated rings. The SMILES string of the molecule is CCNC(=NCc1ncc(CC)s1)NC(C)c1ccccc1. The zero-order valence-corrected chi connectivity index (χ0v) is 14.3. The number of hydrogen-bond acceptors (Lipinski definition) is 3. The summed E-state index contributed by atoms with van der Waals surface area (Å²) in [5, 5.41) is 7.79. The van der Waals surface area contributed by atoms with E-state index in [9.17, 15) is 0 Å². The molecule has 0 bridgehead atoms. The first-order valence-corrected chi connectivity index (χ1v) is 8.58. The Morgan fingerprint density at radius 2 is 2.05 bits per heavy atom. The fourth-order valence-corrected chi connectivity index (χ4v) is 2.87. The van der Waals surface area contributed by atoms with Crippen LogP contribution >= 0.6 is 11.3 Å². The maximum atomic E-state index is 4.64. The number of benzene rings is 1. The standard InChI is InChI=1S/C17H24N4S/c1-4-15-11-19-16(22-15)12-20-17(18-5-2)21-13(3)14-9-7-6-8-10-14/h6-11,13H,4-5,12H2,1-3H3,(H2,18,20,21). The molecule has 1 unspecified atom stereocenters. The quantitative estimate of drug-likeness (QED) is 0.633. The minimum absolute atomic E-state index is 0.210. The summed E-state index contributed by atoms with van der Waals surface area (Å²) >= 11 is 1.73. The Labute approximate surface area is 136 Å². The van der Waals surface area contributed by atoms with Crippen LogP contribution in [0.5, 0.6) is 0 Å². The molecule has 2 aromatic rings. The van der Waals surface area contributed by atoms with Crippen LogP contribution in [0.1, 0.15) is 42.3 Å². The molecule has 2 N–H and O–H groups in total. The Morgan fingerprint density at radius 3 is 2.68 bits per heavy atom. The molecule has 0 aliphatic heterocycles. The summed E-state index contributed by atoms with van der Waals surface area (Å²) in [6.07, 6.45) is 2.98. The van der Waals surface area contributed by atoms with Crippen LogP contribution in [0.3, 0.4) is 0 Å². The van der Waals surface area contributed by atoms with Gasteiger partial charge in [-0.05, 0) is 25.8 Å². The summed E-state index contributed by atoms with van der Waals surface area (Å²) < 4.78 is 0. The highest BCUT2D eigenvalue weighted by molar-refractivity contribution is 7.11. The molecule has 1 atom stereocenters. The summed E-state index contributed by atoms with van der Waals surface area (Å²) in [7, 11) is 0. The van der Waals surface area contributed by atoms with E-state index in [1.165, 1.54) is 10.4 Å². The molecule has 118 valence electrons. The fourth-order valence-electron chi connectivity index (χ4n) is 2.08. The lowest BCUT2D eigenvalue weighted by atomic mass is 10.1. The third-order valence-electron chi connectivity index (χ3n) is 3.32. The van der Waals surface area contributed by atoms with Gasteiger partial charge in [0.2, 0.25) is 0 Å². The van der Waals surface area contributed by atoms with E-state index >= 15 is 0 Å². The van der Waals surface area contributed by atoms with Crippen LogP contribution in [0.4, 0.5) is 0 Å². The molecule has 5 heteroatoms. The number of nitrogens with zero attached hydrogens (tertiary/aromatic N) is 2. The van der Waals surface area contributed by atoms with Gasteiger partial charge in [-0.25, -0.2) is 9.98 Å². The van der Waals surface area contributed by atoms with Crippen molar-refractivity contribution < 1.29 is 0 Å². The maximum absolute atomic E-state index is 4.64. The third kappa shape index (κ3) is 4.84. The van der Waals surface area contributed by atoms with Crippen molar-refractivity contribution >= 4 is 17.3 Å². The molecule has 4 nitrogen and oxygen atoms in total. The maximum Gasteiger partial charge on any atom is 0.192 e. The van der Waals surface area contributed by atoms with Crippen molar-refractivity contribution in [3.05, 3.63) is 52.0 Å². The Kier molecular flexibility index (Phi) is 6.40. The largest absolute Gasteiger partial charge is 0.357 e. The van der Waals surface area contributed by atoms with Crippen LogP contribution in [0.2, 0.25) is 0 Å². The molecular formula is C17H24N4S. The van der Waals surface area contributed by atoms with Crippen molar-refractivity contribution in [1.82, 2.24) is 15.6 Å². The van der Waals surface area contributed by atoms with E-state index < -0.39 is 0 Å². The molecule has 1 heterocycles. The minimum atomic E-state index is 0.210. The monoisotopic (exact) mass is 316 g/mol. The van der Waals surface area contributed by atoms with Crippen LogP contribution in [0.25, 0.3) is 0 Å². The number of aliphatic imine (C=N–C) groups is 1. The lowest BCUT2D eigenvalue weighted by Gasteiger charge is -2.18. The van der Waals surface area contributed by atoms with Crippen molar-refractivity contribution in [3.63, 3.8) is 0 Å². The first-order chi connectivity index (χ1) is 10.7. The van der Waals surface area contributed by atoms with Gasteiger partial charge in [0.15, 0.2) is 5.96 Å². The highest BCUT2D eigenvalue weighted by atomic mass is 32.1. The summed E-state index contributed by atoms with van der Waals surface area (Å²) in [6.45, 7) is 7.81. The van der Waals surface area contributed by atoms with E-state index in [4.69, 9.17) is 0 Å². The molecule has 0 radical (unpaired) electrons. The zero-order chi connectivity index (χ0) is 15.8. The van der Waals surface area contributed by atoms with Crippen LogP contribution in [-0.4, -0.2) is 17.5 Å². The van der Waals surface area contributed by atoms with Gasteiger partial charge in [-0.1, -0.05) is 37.3 Å². The fraction of sp³-hybridized carbons (Fsp3) is 0.412. The lowest BCUT2D eigenvalue weighted by molar-refractivity contribution is 0.686. The third-order valence-corrected chi connectivity index (χ3v) is 4.45. The van der Waals surface area contributed by atoms with Crippen molar-refractivity contribution in [2.24, 2.45) is 4.99 Å². The van der Waals surface area contributed by atoms with E-state index in [1.807, 2.05) is 12.3 Å². The van der Waals surface area contributed by atoms with E-state index in [0.29, 0.717) is 6.54 Å². The number of rotatable bonds is 6. The minimum Gasteiger partial charge on any atom is -0.357 e. The van der Waals surface area contributed by atoms with Gasteiger partial charge < -0.3 is 10.6 Å². The number of aryl methyl sites for hydroxylation is 1. The Morgan fingerprint density at radius 1 is 1.27 bits per heavy atom. The molecule has 0 spiro atoms. The number of nitrogens with one attached hydrogen (secondary N) is 2. The number of aromatic nitrogens is 1. The van der Waals surface area contributed by atoms with Gasteiger partial charge in [0.05, 0.1) is 12.6 Å². The van der Waals surface area contributed by atoms with Gasteiger partial charge >= 0.3 is 0 Å². The Balaban J connectivity index is 2.00. The molecule has 0 amide bonds. The molecule has 0 aliphatic rings. The van der Waals surface area contributed by atoms with Gasteiger partial charge in [-0.2, -0.15) is 0 Å². The average Bonchev–Trinajstić information content (AvgIpc) is 3.01. The van der Waals surface area contributed by atoms with Gasteiger partial charge in [0.25, 0.3) is 0 Å². The molecule has 0 saturated heterocycles. The topological polar surface area (TPSA) is 49.3 Å². The summed E-state index contributed by atoms with van der Waals surface area (Å²) in [5.41, 5.74) is 1.25. The molecule has 22 heavy (non-hydrogen) atoms. The van der Waals surface area contributed by atoms with Crippen molar-refractivity contribution in [1.29, 1.82) is 0 Å². The van der Waals surface area contributed by atoms with E-state index in [0.717, 1.165) is 23.9 Å². The van der Waals surface area contributed by atoms with Gasteiger partial charge in [-0.15, -0.1) is 11.3 Å². The summed E-state index contributed by atoms with van der Waals surface area (Å²) in [5.74, 6) is 0.826. The van der Waals surface area contributed by atoms with E-state index in [-0.39, 0.29) is 6.04 Å². The second-order valence-electron chi connectivity index (χ2n) is 5.05. The smallest absolute Gasteiger partial charge is 0.192 e. The van der Waals surface area contributed by atoms with Gasteiger partial charge in [0, 0.05) is 17.6 Å². The van der Waals surface area contributed by atoms with Crippen LogP contribution in [-0.2, 0) is 13.0 Å². The van der Waals surface area contributed by atoms with Crippen LogP contribution in [0.15, 0.2) is 41.5 Å². The number of guanidine groups is 1. The van der Waals surface area contributed by atoms with Crippen molar-refractivity contribution in [2.75, 3.05) is 6.54 Å². The molecule has 0 saturated carbocycles. The van der Waals surface area contributed by atoms with Crippen LogP contribution < -0.4 is 10.6 Å². The first kappa shape index (κ1) is 16.5. The molecule has 0 aliphatic carbocycles. The van der Waals surface area contributed by atoms with E-state index in [2.05, 4.69) is 65.6 Å². The predicted molar refractivity (Wildman–Crippen MR) is 94.3 cm³/mol. The van der Waals surface area contributed by atoms with Crippen LogP contribution in [0, 0.1) is 0 Å². The molecule has 2 rings (SSSR count). The molecular weight excluding hydrogens is 292 g/mol.